The first kappa shape index (κ1) is 15.2. The Bertz CT molecular complexity index is 475. The molecule has 1 aromatic rings. The van der Waals surface area contributed by atoms with Crippen molar-refractivity contribution in [3.8, 4) is 5.75 Å². The van der Waals surface area contributed by atoms with Gasteiger partial charge in [0.05, 0.1) is 12.8 Å². The third-order valence-electron chi connectivity index (χ3n) is 2.19. The SMILES string of the molecule is COc1ccc(NC(C)=O)cc1NC(=S)NC(C)C. The normalized spacial score (nSPS) is 9.95. The first-order valence-electron chi connectivity index (χ1n) is 5.95. The van der Waals surface area contributed by atoms with Crippen LogP contribution in [0, 0.1) is 0 Å². The van der Waals surface area contributed by atoms with Crippen LogP contribution in [0.4, 0.5) is 11.4 Å². The van der Waals surface area contributed by atoms with E-state index >= 15 is 0 Å². The van der Waals surface area contributed by atoms with Crippen LogP contribution in [-0.2, 0) is 4.79 Å². The molecule has 0 fully saturated rings. The predicted octanol–water partition coefficient (Wildman–Crippen LogP) is 2.35. The summed E-state index contributed by atoms with van der Waals surface area (Å²) < 4.78 is 5.25. The van der Waals surface area contributed by atoms with Crippen LogP contribution in [0.25, 0.3) is 0 Å². The Balaban J connectivity index is 2.89. The molecule has 0 aliphatic heterocycles. The summed E-state index contributed by atoms with van der Waals surface area (Å²) in [6.45, 7) is 5.46. The number of hydrogen-bond acceptors (Lipinski definition) is 3. The van der Waals surface area contributed by atoms with E-state index in [9.17, 15) is 4.79 Å². The lowest BCUT2D eigenvalue weighted by atomic mass is 10.2. The van der Waals surface area contributed by atoms with Gasteiger partial charge in [0.2, 0.25) is 5.91 Å². The van der Waals surface area contributed by atoms with Gasteiger partial charge in [-0.1, -0.05) is 0 Å². The van der Waals surface area contributed by atoms with E-state index in [2.05, 4.69) is 16.0 Å². The monoisotopic (exact) mass is 281 g/mol. The Morgan fingerprint density at radius 2 is 2.00 bits per heavy atom. The van der Waals surface area contributed by atoms with Gasteiger partial charge in [-0.3, -0.25) is 4.79 Å². The molecular formula is C13H19N3O2S. The minimum Gasteiger partial charge on any atom is -0.495 e. The van der Waals surface area contributed by atoms with Gasteiger partial charge in [0.1, 0.15) is 5.75 Å². The van der Waals surface area contributed by atoms with Gasteiger partial charge >= 0.3 is 0 Å². The molecule has 0 aliphatic rings. The fourth-order valence-electron chi connectivity index (χ4n) is 1.51. The Hall–Kier alpha value is -1.82. The second-order valence-corrected chi connectivity index (χ2v) is 4.76. The number of rotatable bonds is 4. The van der Waals surface area contributed by atoms with Crippen molar-refractivity contribution in [2.75, 3.05) is 17.7 Å². The molecule has 0 heterocycles. The van der Waals surface area contributed by atoms with Crippen molar-refractivity contribution in [1.29, 1.82) is 0 Å². The quantitative estimate of drug-likeness (QED) is 0.740. The van der Waals surface area contributed by atoms with Gasteiger partial charge in [0, 0.05) is 18.7 Å². The highest BCUT2D eigenvalue weighted by Gasteiger charge is 2.07. The third kappa shape index (κ3) is 5.13. The van der Waals surface area contributed by atoms with Gasteiger partial charge in [0.15, 0.2) is 5.11 Å². The summed E-state index contributed by atoms with van der Waals surface area (Å²) >= 11 is 5.19. The van der Waals surface area contributed by atoms with E-state index in [-0.39, 0.29) is 11.9 Å². The Morgan fingerprint density at radius 1 is 1.32 bits per heavy atom. The van der Waals surface area contributed by atoms with Crippen LogP contribution in [-0.4, -0.2) is 24.2 Å². The van der Waals surface area contributed by atoms with Gasteiger partial charge in [0.25, 0.3) is 0 Å². The molecule has 3 N–H and O–H groups in total. The predicted molar refractivity (Wildman–Crippen MR) is 81.8 cm³/mol. The maximum Gasteiger partial charge on any atom is 0.221 e. The maximum absolute atomic E-state index is 11.0. The number of amides is 1. The van der Waals surface area contributed by atoms with Gasteiger partial charge in [-0.15, -0.1) is 0 Å². The van der Waals surface area contributed by atoms with Crippen molar-refractivity contribution in [3.63, 3.8) is 0 Å². The second kappa shape index (κ2) is 6.94. The van der Waals surface area contributed by atoms with Crippen LogP contribution in [0.5, 0.6) is 5.75 Å². The van der Waals surface area contributed by atoms with Crippen LogP contribution in [0.1, 0.15) is 20.8 Å². The molecule has 1 aromatic carbocycles. The molecule has 0 spiro atoms. The molecule has 0 bridgehead atoms. The van der Waals surface area contributed by atoms with Gasteiger partial charge < -0.3 is 20.7 Å². The summed E-state index contributed by atoms with van der Waals surface area (Å²) in [4.78, 5) is 11.0. The minimum atomic E-state index is -0.126. The highest BCUT2D eigenvalue weighted by atomic mass is 32.1. The molecule has 1 amide bonds. The standard InChI is InChI=1S/C13H19N3O2S/c1-8(2)14-13(19)16-11-7-10(15-9(3)17)5-6-12(11)18-4/h5-8H,1-4H3,(H,15,17)(H2,14,16,19). The molecule has 6 heteroatoms. The van der Waals surface area contributed by atoms with E-state index in [0.717, 1.165) is 0 Å². The topological polar surface area (TPSA) is 62.4 Å². The van der Waals surface area contributed by atoms with Crippen molar-refractivity contribution in [3.05, 3.63) is 18.2 Å². The molecule has 0 saturated heterocycles. The Morgan fingerprint density at radius 3 is 2.53 bits per heavy atom. The number of ether oxygens (including phenoxy) is 1. The number of hydrogen-bond donors (Lipinski definition) is 3. The zero-order chi connectivity index (χ0) is 14.4. The summed E-state index contributed by atoms with van der Waals surface area (Å²) in [7, 11) is 1.58. The van der Waals surface area contributed by atoms with Crippen LogP contribution in [0.2, 0.25) is 0 Å². The van der Waals surface area contributed by atoms with Gasteiger partial charge in [-0.25, -0.2) is 0 Å². The molecule has 0 radical (unpaired) electrons. The Labute approximate surface area is 118 Å². The zero-order valence-corrected chi connectivity index (χ0v) is 12.4. The fourth-order valence-corrected chi connectivity index (χ4v) is 1.85. The summed E-state index contributed by atoms with van der Waals surface area (Å²) in [5, 5.41) is 9.35. The zero-order valence-electron chi connectivity index (χ0n) is 11.5. The lowest BCUT2D eigenvalue weighted by Gasteiger charge is -2.16. The lowest BCUT2D eigenvalue weighted by Crippen LogP contribution is -2.34. The first-order valence-corrected chi connectivity index (χ1v) is 6.36. The van der Waals surface area contributed by atoms with Crippen LogP contribution in [0.3, 0.4) is 0 Å². The fraction of sp³-hybridized carbons (Fsp3) is 0.385. The molecule has 0 atom stereocenters. The van der Waals surface area contributed by atoms with E-state index in [4.69, 9.17) is 17.0 Å². The van der Waals surface area contributed by atoms with Gasteiger partial charge in [-0.2, -0.15) is 0 Å². The van der Waals surface area contributed by atoms with Crippen molar-refractivity contribution in [2.45, 2.75) is 26.8 Å². The highest BCUT2D eigenvalue weighted by molar-refractivity contribution is 7.80. The number of methoxy groups -OCH3 is 1. The lowest BCUT2D eigenvalue weighted by molar-refractivity contribution is -0.114. The summed E-state index contributed by atoms with van der Waals surface area (Å²) in [6, 6.07) is 5.55. The number of carbonyl (C=O) groups excluding carboxylic acids is 1. The molecule has 104 valence electrons. The molecule has 0 unspecified atom stereocenters. The van der Waals surface area contributed by atoms with Crippen molar-refractivity contribution >= 4 is 34.6 Å². The summed E-state index contributed by atoms with van der Waals surface area (Å²) in [5.74, 6) is 0.529. The van der Waals surface area contributed by atoms with E-state index in [0.29, 0.717) is 22.2 Å². The van der Waals surface area contributed by atoms with E-state index in [1.807, 2.05) is 13.8 Å². The van der Waals surface area contributed by atoms with E-state index in [1.54, 1.807) is 25.3 Å². The molecule has 5 nitrogen and oxygen atoms in total. The maximum atomic E-state index is 11.0. The van der Waals surface area contributed by atoms with Crippen LogP contribution < -0.4 is 20.7 Å². The number of carbonyl (C=O) groups is 1. The highest BCUT2D eigenvalue weighted by Crippen LogP contribution is 2.27. The van der Waals surface area contributed by atoms with Crippen molar-refractivity contribution < 1.29 is 9.53 Å². The first-order chi connectivity index (χ1) is 8.92. The van der Waals surface area contributed by atoms with E-state index in [1.165, 1.54) is 6.92 Å². The van der Waals surface area contributed by atoms with Crippen LogP contribution in [0.15, 0.2) is 18.2 Å². The average molecular weight is 281 g/mol. The molecule has 0 aliphatic carbocycles. The summed E-state index contributed by atoms with van der Waals surface area (Å²) in [6.07, 6.45) is 0. The largest absolute Gasteiger partial charge is 0.495 e. The summed E-state index contributed by atoms with van der Waals surface area (Å²) in [5.41, 5.74) is 1.38. The van der Waals surface area contributed by atoms with Crippen molar-refractivity contribution in [2.24, 2.45) is 0 Å². The Kier molecular flexibility index (Phi) is 5.57. The van der Waals surface area contributed by atoms with Crippen LogP contribution >= 0.6 is 12.2 Å². The molecule has 1 rings (SSSR count). The second-order valence-electron chi connectivity index (χ2n) is 4.35. The minimum absolute atomic E-state index is 0.126. The smallest absolute Gasteiger partial charge is 0.221 e. The number of anilines is 2. The number of benzene rings is 1. The molecule has 0 saturated carbocycles. The van der Waals surface area contributed by atoms with E-state index < -0.39 is 0 Å². The average Bonchev–Trinajstić information content (AvgIpc) is 2.27. The third-order valence-corrected chi connectivity index (χ3v) is 2.41. The number of nitrogens with one attached hydrogen (secondary N) is 3. The van der Waals surface area contributed by atoms with Crippen molar-refractivity contribution in [1.82, 2.24) is 5.32 Å². The molecule has 0 aromatic heterocycles. The van der Waals surface area contributed by atoms with Gasteiger partial charge in [-0.05, 0) is 44.3 Å². The molecular weight excluding hydrogens is 262 g/mol. The number of thiocarbonyl (C=S) groups is 1. The molecule has 19 heavy (non-hydrogen) atoms.